The SMILES string of the molecule is C=CCOc1c(C)c2c(c3c1C(=O)[C@@H]1[C@@H]4N[C@@H](Cc5cc(C)c(OC)c(OCc6ccccc6)c54)C(=O)N1[C@H]3COCc1ccccc1)OCO2. The fourth-order valence-electron chi connectivity index (χ4n) is 8.06. The van der Waals surface area contributed by atoms with Gasteiger partial charge in [-0.1, -0.05) is 79.4 Å². The van der Waals surface area contributed by atoms with Crippen molar-refractivity contribution < 1.29 is 38.0 Å². The number of ketones is 1. The molecule has 1 fully saturated rings. The summed E-state index contributed by atoms with van der Waals surface area (Å²) in [5.74, 6) is 2.02. The molecular weight excluding hydrogens is 648 g/mol. The van der Waals surface area contributed by atoms with Crippen LogP contribution in [0.5, 0.6) is 28.7 Å². The summed E-state index contributed by atoms with van der Waals surface area (Å²) in [6, 6.07) is 19.0. The van der Waals surface area contributed by atoms with E-state index in [9.17, 15) is 4.79 Å². The first-order chi connectivity index (χ1) is 24.9. The van der Waals surface area contributed by atoms with Crippen molar-refractivity contribution >= 4 is 11.7 Å². The normalized spacial score (nSPS) is 21.0. The van der Waals surface area contributed by atoms with Crippen molar-refractivity contribution in [3.63, 3.8) is 0 Å². The molecule has 0 spiro atoms. The molecule has 8 rings (SSSR count). The number of hydrogen-bond acceptors (Lipinski definition) is 9. The summed E-state index contributed by atoms with van der Waals surface area (Å²) in [6.45, 7) is 8.54. The molecule has 4 aromatic rings. The lowest BCUT2D eigenvalue weighted by atomic mass is 9.74. The van der Waals surface area contributed by atoms with Crippen molar-refractivity contribution in [2.75, 3.05) is 27.1 Å². The van der Waals surface area contributed by atoms with Gasteiger partial charge in [0.15, 0.2) is 28.8 Å². The molecule has 2 bridgehead atoms. The van der Waals surface area contributed by atoms with Crippen molar-refractivity contribution in [3.8, 4) is 28.7 Å². The molecule has 0 saturated carbocycles. The summed E-state index contributed by atoms with van der Waals surface area (Å²) in [5, 5.41) is 3.56. The second kappa shape index (κ2) is 13.4. The van der Waals surface area contributed by atoms with Crippen LogP contribution < -0.4 is 29.0 Å². The standard InChI is InChI=1S/C41H40N2O8/c1-5-16-48-37-24(3)38-40(51-22-50-38)31-29(21-47-19-25-12-8-6-9-13-25)43-34(35(44)32(31)37)33-30-27(18-28(42-33)41(43)45)17-23(2)36(46-4)39(30)49-20-26-14-10-7-11-15-26/h5-15,17,28-29,33-34,42H,1,16,18-22H2,2-4H3/t28-,29-,33+,34-/m0/s1. The van der Waals surface area contributed by atoms with E-state index in [2.05, 4.69) is 18.0 Å². The van der Waals surface area contributed by atoms with Crippen LogP contribution in [-0.4, -0.2) is 55.8 Å². The Morgan fingerprint density at radius 2 is 1.61 bits per heavy atom. The second-order valence-electron chi connectivity index (χ2n) is 13.3. The first-order valence-electron chi connectivity index (χ1n) is 17.2. The van der Waals surface area contributed by atoms with Crippen LogP contribution in [0.4, 0.5) is 0 Å². The van der Waals surface area contributed by atoms with Gasteiger partial charge in [0.2, 0.25) is 12.7 Å². The molecule has 262 valence electrons. The van der Waals surface area contributed by atoms with E-state index >= 15 is 4.79 Å². The second-order valence-corrected chi connectivity index (χ2v) is 13.3. The minimum atomic E-state index is -0.956. The average molecular weight is 689 g/mol. The Kier molecular flexibility index (Phi) is 8.65. The van der Waals surface area contributed by atoms with Gasteiger partial charge < -0.3 is 33.3 Å². The van der Waals surface area contributed by atoms with E-state index in [1.807, 2.05) is 74.5 Å². The quantitative estimate of drug-likeness (QED) is 0.187. The molecule has 1 N–H and O–H groups in total. The molecule has 4 aliphatic rings. The number of nitrogens with zero attached hydrogens (tertiary/aromatic N) is 1. The van der Waals surface area contributed by atoms with E-state index in [-0.39, 0.29) is 31.7 Å². The largest absolute Gasteiger partial charge is 0.493 e. The third-order valence-electron chi connectivity index (χ3n) is 10.2. The zero-order chi connectivity index (χ0) is 35.2. The van der Waals surface area contributed by atoms with Crippen molar-refractivity contribution in [1.29, 1.82) is 0 Å². The number of carbonyl (C=O) groups excluding carboxylic acids is 2. The van der Waals surface area contributed by atoms with Gasteiger partial charge >= 0.3 is 0 Å². The highest BCUT2D eigenvalue weighted by atomic mass is 16.7. The summed E-state index contributed by atoms with van der Waals surface area (Å²) in [7, 11) is 1.62. The molecule has 1 saturated heterocycles. The summed E-state index contributed by atoms with van der Waals surface area (Å²) in [6.07, 6.45) is 2.05. The van der Waals surface area contributed by atoms with E-state index in [1.54, 1.807) is 18.1 Å². The number of aryl methyl sites for hydroxylation is 1. The Balaban J connectivity index is 1.29. The van der Waals surface area contributed by atoms with E-state index in [1.165, 1.54) is 0 Å². The maximum absolute atomic E-state index is 15.2. The molecule has 0 aliphatic carbocycles. The molecule has 0 aromatic heterocycles. The lowest BCUT2D eigenvalue weighted by Crippen LogP contribution is -2.68. The van der Waals surface area contributed by atoms with Gasteiger partial charge in [0.1, 0.15) is 25.0 Å². The Hall–Kier alpha value is -5.32. The minimum Gasteiger partial charge on any atom is -0.493 e. The number of piperazine rings is 1. The van der Waals surface area contributed by atoms with Crippen molar-refractivity contribution in [3.05, 3.63) is 124 Å². The molecule has 10 nitrogen and oxygen atoms in total. The molecule has 51 heavy (non-hydrogen) atoms. The van der Waals surface area contributed by atoms with E-state index in [0.717, 1.165) is 27.8 Å². The number of ether oxygens (including phenoxy) is 6. The Morgan fingerprint density at radius 1 is 0.902 bits per heavy atom. The number of methoxy groups -OCH3 is 1. The fourth-order valence-corrected chi connectivity index (χ4v) is 8.06. The van der Waals surface area contributed by atoms with Crippen LogP contribution in [0.2, 0.25) is 0 Å². The molecule has 4 aromatic carbocycles. The van der Waals surface area contributed by atoms with Crippen LogP contribution >= 0.6 is 0 Å². The van der Waals surface area contributed by atoms with Crippen LogP contribution in [0.3, 0.4) is 0 Å². The van der Waals surface area contributed by atoms with E-state index < -0.39 is 24.2 Å². The van der Waals surface area contributed by atoms with Gasteiger partial charge in [0, 0.05) is 16.7 Å². The topological polar surface area (TPSA) is 105 Å². The van der Waals surface area contributed by atoms with Gasteiger partial charge in [0.05, 0.1) is 44.0 Å². The monoisotopic (exact) mass is 688 g/mol. The van der Waals surface area contributed by atoms with Crippen LogP contribution in [0.1, 0.15) is 61.4 Å². The van der Waals surface area contributed by atoms with Crippen LogP contribution in [0, 0.1) is 13.8 Å². The Morgan fingerprint density at radius 3 is 2.31 bits per heavy atom. The maximum atomic E-state index is 15.2. The molecule has 0 unspecified atom stereocenters. The summed E-state index contributed by atoms with van der Waals surface area (Å²) < 4.78 is 37.3. The predicted octanol–water partition coefficient (Wildman–Crippen LogP) is 6.11. The molecule has 4 atom stereocenters. The summed E-state index contributed by atoms with van der Waals surface area (Å²) in [5.41, 5.74) is 6.17. The number of Topliss-reactive ketones (excluding diaryl/α,β-unsaturated/α-hetero) is 1. The first kappa shape index (κ1) is 32.9. The summed E-state index contributed by atoms with van der Waals surface area (Å²) in [4.78, 5) is 31.7. The highest BCUT2D eigenvalue weighted by Crippen LogP contribution is 2.56. The minimum absolute atomic E-state index is 0.0158. The number of carbonyl (C=O) groups is 2. The van der Waals surface area contributed by atoms with Crippen LogP contribution in [-0.2, 0) is 29.2 Å². The number of hydrogen-bond donors (Lipinski definition) is 1. The Labute approximate surface area is 296 Å². The molecular formula is C41H40N2O8. The number of amides is 1. The van der Waals surface area contributed by atoms with E-state index in [4.69, 9.17) is 28.4 Å². The van der Waals surface area contributed by atoms with Gasteiger partial charge in [-0.15, -0.1) is 0 Å². The molecule has 10 heteroatoms. The van der Waals surface area contributed by atoms with Crippen molar-refractivity contribution in [2.24, 2.45) is 0 Å². The predicted molar refractivity (Wildman–Crippen MR) is 189 cm³/mol. The lowest BCUT2D eigenvalue weighted by Gasteiger charge is -2.53. The van der Waals surface area contributed by atoms with Gasteiger partial charge in [-0.2, -0.15) is 0 Å². The number of fused-ring (bicyclic) bond motifs is 9. The van der Waals surface area contributed by atoms with Gasteiger partial charge in [-0.25, -0.2) is 0 Å². The maximum Gasteiger partial charge on any atom is 0.241 e. The fraction of sp³-hybridized carbons (Fsp3) is 0.317. The third kappa shape index (κ3) is 5.50. The number of benzene rings is 4. The highest BCUT2D eigenvalue weighted by Gasteiger charge is 2.57. The lowest BCUT2D eigenvalue weighted by molar-refractivity contribution is -0.146. The number of nitrogens with one attached hydrogen (secondary N) is 1. The zero-order valence-corrected chi connectivity index (χ0v) is 28.9. The number of rotatable bonds is 11. The molecule has 4 aliphatic heterocycles. The van der Waals surface area contributed by atoms with Crippen LogP contribution in [0.25, 0.3) is 0 Å². The van der Waals surface area contributed by atoms with Gasteiger partial charge in [0.25, 0.3) is 0 Å². The van der Waals surface area contributed by atoms with Gasteiger partial charge in [-0.3, -0.25) is 14.9 Å². The van der Waals surface area contributed by atoms with E-state index in [0.29, 0.717) is 65.1 Å². The smallest absolute Gasteiger partial charge is 0.241 e. The van der Waals surface area contributed by atoms with Crippen LogP contribution in [0.15, 0.2) is 79.4 Å². The first-order valence-corrected chi connectivity index (χ1v) is 17.2. The Bertz CT molecular complexity index is 2010. The molecule has 1 amide bonds. The van der Waals surface area contributed by atoms with Crippen molar-refractivity contribution in [2.45, 2.75) is 57.6 Å². The summed E-state index contributed by atoms with van der Waals surface area (Å²) >= 11 is 0. The van der Waals surface area contributed by atoms with Crippen molar-refractivity contribution in [1.82, 2.24) is 10.2 Å². The average Bonchev–Trinajstić information content (AvgIpc) is 3.64. The van der Waals surface area contributed by atoms with Gasteiger partial charge in [-0.05, 0) is 42.5 Å². The third-order valence-corrected chi connectivity index (χ3v) is 10.2. The zero-order valence-electron chi connectivity index (χ0n) is 28.9. The highest BCUT2D eigenvalue weighted by molar-refractivity contribution is 6.10. The molecule has 4 heterocycles. The molecule has 0 radical (unpaired) electrons.